The summed E-state index contributed by atoms with van der Waals surface area (Å²) in [6, 6.07) is 0. The van der Waals surface area contributed by atoms with E-state index >= 15 is 0 Å². The van der Waals surface area contributed by atoms with E-state index in [0.717, 1.165) is 12.8 Å². The smallest absolute Gasteiger partial charge is 0.305 e. The average Bonchev–Trinajstić information content (AvgIpc) is 0.781. The molecule has 22 aliphatic rings. The SMILES string of the molecule is CCCCCC(=O)OCC1(O)OCC(O)C(O)C1O.OC[C@H]1O[C@@H]2O[C@H]3[C@H](O)[C@@H](O)[C@@H](O[C@H]4[C@H](O)[C@@H](O)[C@@H](O[C@H]5[C@H](O)[C@@H](O)[C@@H](O[C@H]6[C@H](O)[C@@H](O)[C@@H](O[C@H]7[C@H](O)[C@@H](O)[C@@H](O[C@H]8[C@H](O)[C@@H](O)[C@@H](O[C@H]1[C@H](O)[C@H]2O)O[C@@H]8CO)O[C@@H]7CO)O[C@@H]6CO)O[C@@H]5CO)O[C@@H]4CO)O[C@@H]3CO. The normalized spacial score (nSPS) is 51.4. The molecule has 0 radical (unpaired) electrons. The van der Waals surface area contributed by atoms with Gasteiger partial charge >= 0.3 is 5.97 Å². The molecule has 4 unspecified atom stereocenters. The van der Waals surface area contributed by atoms with Crippen LogP contribution in [0.3, 0.4) is 0 Å². The van der Waals surface area contributed by atoms with Crippen molar-refractivity contribution in [2.24, 2.45) is 0 Å². The van der Waals surface area contributed by atoms with E-state index in [9.17, 15) is 132 Å². The van der Waals surface area contributed by atoms with Crippen molar-refractivity contribution in [2.75, 3.05) is 59.5 Å². The Morgan fingerprint density at radius 1 is 0.333 bits per heavy atom. The predicted molar refractivity (Wildman–Crippen MR) is 292 cm³/mol. The lowest BCUT2D eigenvalue weighted by Gasteiger charge is -2.50. The Labute approximate surface area is 544 Å². The van der Waals surface area contributed by atoms with Gasteiger partial charge in [0.15, 0.2) is 44.0 Å². The molecule has 22 fully saturated rings. The second-order valence-corrected chi connectivity index (χ2v) is 24.4. The Morgan fingerprint density at radius 2 is 0.552 bits per heavy atom. The molecule has 22 saturated heterocycles. The molecule has 39 atom stereocenters. The van der Waals surface area contributed by atoms with E-state index in [-0.39, 0.29) is 13.0 Å². The summed E-state index contributed by atoms with van der Waals surface area (Å²) in [6.07, 6.45) is -72.0. The first-order chi connectivity index (χ1) is 45.6. The van der Waals surface area contributed by atoms with Gasteiger partial charge in [-0.15, -0.1) is 0 Å². The molecule has 0 aromatic carbocycles. The number of ether oxygens (including phenoxy) is 16. The van der Waals surface area contributed by atoms with Crippen molar-refractivity contribution in [1.82, 2.24) is 0 Å². The number of hydrogen-bond donors (Lipinski definition) is 25. The fourth-order valence-electron chi connectivity index (χ4n) is 12.2. The molecule has 42 nitrogen and oxygen atoms in total. The molecule has 0 aromatic heterocycles. The van der Waals surface area contributed by atoms with Crippen molar-refractivity contribution in [3.63, 3.8) is 0 Å². The lowest BCUT2D eigenvalue weighted by molar-refractivity contribution is -0.396. The van der Waals surface area contributed by atoms with Gasteiger partial charge in [-0.3, -0.25) is 4.79 Å². The summed E-state index contributed by atoms with van der Waals surface area (Å²) in [7, 11) is 0. The molecule has 0 aromatic rings. The van der Waals surface area contributed by atoms with Gasteiger partial charge in [-0.2, -0.15) is 0 Å². The van der Waals surface area contributed by atoms with Gasteiger partial charge in [0.05, 0.1) is 52.9 Å². The monoisotopic (exact) mass is 1410 g/mol. The van der Waals surface area contributed by atoms with Crippen LogP contribution < -0.4 is 0 Å². The van der Waals surface area contributed by atoms with Crippen molar-refractivity contribution < 1.29 is 208 Å². The molecular formula is C54H92O42. The second-order valence-electron chi connectivity index (χ2n) is 24.4. The number of esters is 1. The Hall–Kier alpha value is -2.13. The highest BCUT2D eigenvalue weighted by atomic mass is 16.8. The van der Waals surface area contributed by atoms with Crippen molar-refractivity contribution in [3.8, 4) is 0 Å². The molecule has 0 saturated carbocycles. The summed E-state index contributed by atoms with van der Waals surface area (Å²) in [5.74, 6) is -2.68. The third kappa shape index (κ3) is 17.1. The van der Waals surface area contributed by atoms with Gasteiger partial charge in [0.25, 0.3) is 0 Å². The molecule has 14 bridgehead atoms. The Morgan fingerprint density at radius 3 is 0.750 bits per heavy atom. The fraction of sp³-hybridized carbons (Fsp3) is 0.981. The minimum absolute atomic E-state index is 0.227. The number of carbonyl (C=O) groups is 1. The summed E-state index contributed by atoms with van der Waals surface area (Å²) >= 11 is 0. The summed E-state index contributed by atoms with van der Waals surface area (Å²) in [4.78, 5) is 11.4. The quantitative estimate of drug-likeness (QED) is 0.0601. The fourth-order valence-corrected chi connectivity index (χ4v) is 12.2. The van der Waals surface area contributed by atoms with Crippen LogP contribution in [0.2, 0.25) is 0 Å². The van der Waals surface area contributed by atoms with E-state index in [1.54, 1.807) is 0 Å². The first-order valence-corrected chi connectivity index (χ1v) is 31.1. The van der Waals surface area contributed by atoms with E-state index in [4.69, 9.17) is 75.8 Å². The molecule has 25 N–H and O–H groups in total. The zero-order chi connectivity index (χ0) is 70.5. The Kier molecular flexibility index (Phi) is 28.9. The van der Waals surface area contributed by atoms with E-state index in [2.05, 4.69) is 0 Å². The number of unbranched alkanes of at least 4 members (excludes halogenated alkanes) is 2. The van der Waals surface area contributed by atoms with Crippen molar-refractivity contribution in [2.45, 2.75) is 272 Å². The molecule has 0 amide bonds. The molecule has 560 valence electrons. The molecule has 96 heavy (non-hydrogen) atoms. The van der Waals surface area contributed by atoms with E-state index in [0.29, 0.717) is 6.42 Å². The second kappa shape index (κ2) is 34.9. The number of carbonyl (C=O) groups excluding carboxylic acids is 1. The topological polar surface area (TPSA) is 671 Å². The Balaban J connectivity index is 0.000000534. The Bertz CT molecular complexity index is 1980. The molecule has 22 aliphatic heterocycles. The van der Waals surface area contributed by atoms with E-state index in [1.165, 1.54) is 0 Å². The first kappa shape index (κ1) is 79.6. The molecule has 22 heterocycles. The average molecular weight is 1410 g/mol. The molecule has 42 heteroatoms. The summed E-state index contributed by atoms with van der Waals surface area (Å²) in [5, 5.41) is 269. The number of rotatable bonds is 13. The zero-order valence-corrected chi connectivity index (χ0v) is 51.3. The van der Waals surface area contributed by atoms with Crippen LogP contribution >= 0.6 is 0 Å². The summed E-state index contributed by atoms with van der Waals surface area (Å²) in [6.45, 7) is -6.25. The number of hydrogen-bond acceptors (Lipinski definition) is 42. The van der Waals surface area contributed by atoms with Crippen LogP contribution in [0, 0.1) is 0 Å². The van der Waals surface area contributed by atoms with Gasteiger partial charge in [0, 0.05) is 6.42 Å². The maximum Gasteiger partial charge on any atom is 0.305 e. The van der Waals surface area contributed by atoms with Crippen LogP contribution in [0.25, 0.3) is 0 Å². The third-order valence-electron chi connectivity index (χ3n) is 17.9. The van der Waals surface area contributed by atoms with Gasteiger partial charge in [-0.1, -0.05) is 19.8 Å². The summed E-state index contributed by atoms with van der Waals surface area (Å²) < 4.78 is 89.1. The molecule has 22 rings (SSSR count). The van der Waals surface area contributed by atoms with Crippen LogP contribution in [-0.4, -0.2) is 432 Å². The van der Waals surface area contributed by atoms with E-state index < -0.39 is 298 Å². The first-order valence-electron chi connectivity index (χ1n) is 31.1. The molecule has 0 aliphatic carbocycles. The van der Waals surface area contributed by atoms with Crippen LogP contribution in [0.5, 0.6) is 0 Å². The van der Waals surface area contributed by atoms with Crippen LogP contribution in [0.15, 0.2) is 0 Å². The van der Waals surface area contributed by atoms with Crippen molar-refractivity contribution in [1.29, 1.82) is 0 Å². The van der Waals surface area contributed by atoms with Crippen molar-refractivity contribution >= 4 is 5.97 Å². The van der Waals surface area contributed by atoms with Crippen LogP contribution in [0.4, 0.5) is 0 Å². The highest BCUT2D eigenvalue weighted by Crippen LogP contribution is 2.39. The van der Waals surface area contributed by atoms with Crippen molar-refractivity contribution in [3.05, 3.63) is 0 Å². The van der Waals surface area contributed by atoms with Gasteiger partial charge in [-0.05, 0) is 6.42 Å². The number of aliphatic hydroxyl groups is 25. The minimum atomic E-state index is -2.21. The largest absolute Gasteiger partial charge is 0.460 e. The highest BCUT2D eigenvalue weighted by Gasteiger charge is 2.60. The lowest BCUT2D eigenvalue weighted by Crippen LogP contribution is -2.68. The van der Waals surface area contributed by atoms with Gasteiger partial charge in [0.2, 0.25) is 5.79 Å². The molecular weight excluding hydrogens is 1320 g/mol. The van der Waals surface area contributed by atoms with Crippen LogP contribution in [0.1, 0.15) is 32.6 Å². The van der Waals surface area contributed by atoms with Crippen LogP contribution in [-0.2, 0) is 80.6 Å². The number of aliphatic hydroxyl groups excluding tert-OH is 24. The highest BCUT2D eigenvalue weighted by molar-refractivity contribution is 5.69. The van der Waals surface area contributed by atoms with Gasteiger partial charge < -0.3 is 203 Å². The maximum absolute atomic E-state index is 11.4. The zero-order valence-electron chi connectivity index (χ0n) is 51.3. The van der Waals surface area contributed by atoms with E-state index in [1.807, 2.05) is 6.92 Å². The summed E-state index contributed by atoms with van der Waals surface area (Å²) in [5.41, 5.74) is 0. The standard InChI is InChI=1S/C42H70O35.C12H22O7/c43-1-8-29-15(50)22(57)36(64-8)72-30-9(2-44)66-38(24(59)17(30)52)74-32-11(4-46)68-40(26(61)19(32)54)76-34-13(6-48)70-42(28(63)21(34)56)77-35-14(7-49)69-41(27(62)20(35)55)75-33-12(5-47)67-39(25(60)18(33)53)73-31-10(3-45)65-37(71-29)23(58)16(31)51;1-2-3-4-5-9(14)18-7-12(17)11(16)10(15)8(13)6-19-12/h8-63H,1-7H2;8,10-11,13,15-17H,2-7H2,1H3/t8-,9-,10-,11-,12-,13-,14-,15-,16-,17-,18-,19-,20-,21-,22-,23-,24-,25-,26-,27-,28-,29-,30-,31-,32-,33-,34-,35-,36-,37-,38-,39-,40-,41-,42-;/m1./s1. The minimum Gasteiger partial charge on any atom is -0.460 e. The van der Waals surface area contributed by atoms with Gasteiger partial charge in [-0.25, -0.2) is 0 Å². The molecule has 0 spiro atoms. The third-order valence-corrected chi connectivity index (χ3v) is 17.9. The maximum atomic E-state index is 11.4. The van der Waals surface area contributed by atoms with Gasteiger partial charge in [0.1, 0.15) is 196 Å². The lowest BCUT2D eigenvalue weighted by atomic mass is 9.95. The predicted octanol–water partition coefficient (Wildman–Crippen LogP) is -16.3.